The van der Waals surface area contributed by atoms with Gasteiger partial charge < -0.3 is 19.5 Å². The first-order valence-corrected chi connectivity index (χ1v) is 8.39. The summed E-state index contributed by atoms with van der Waals surface area (Å²) < 4.78 is 7.58. The van der Waals surface area contributed by atoms with E-state index in [9.17, 15) is 0 Å². The van der Waals surface area contributed by atoms with Crippen molar-refractivity contribution in [1.82, 2.24) is 14.9 Å². The molecule has 0 atom stereocenters. The molecule has 3 aromatic rings. The number of hydrogen-bond acceptors (Lipinski definition) is 4. The Labute approximate surface area is 141 Å². The highest BCUT2D eigenvalue weighted by atomic mass is 16.5. The van der Waals surface area contributed by atoms with Gasteiger partial charge in [0.25, 0.3) is 0 Å². The van der Waals surface area contributed by atoms with Crippen LogP contribution in [0.25, 0.3) is 11.0 Å². The average Bonchev–Trinajstić information content (AvgIpc) is 3.02. The van der Waals surface area contributed by atoms with Gasteiger partial charge in [-0.3, -0.25) is 0 Å². The van der Waals surface area contributed by atoms with Crippen molar-refractivity contribution in [2.24, 2.45) is 0 Å². The molecule has 2 aromatic carbocycles. The molecule has 2 heterocycles. The highest BCUT2D eigenvalue weighted by Crippen LogP contribution is 2.25. The fourth-order valence-electron chi connectivity index (χ4n) is 3.24. The molecule has 1 aliphatic heterocycles. The Bertz CT molecular complexity index is 819. The lowest BCUT2D eigenvalue weighted by atomic mass is 10.2. The summed E-state index contributed by atoms with van der Waals surface area (Å²) in [6.45, 7) is 4.80. The second-order valence-electron chi connectivity index (χ2n) is 6.07. The van der Waals surface area contributed by atoms with Crippen LogP contribution in [0.2, 0.25) is 0 Å². The summed E-state index contributed by atoms with van der Waals surface area (Å²) >= 11 is 0. The number of benzene rings is 2. The van der Waals surface area contributed by atoms with E-state index in [4.69, 9.17) is 9.72 Å². The quantitative estimate of drug-likeness (QED) is 0.801. The summed E-state index contributed by atoms with van der Waals surface area (Å²) in [6.07, 6.45) is 0. The first kappa shape index (κ1) is 15.0. The van der Waals surface area contributed by atoms with E-state index in [1.54, 1.807) is 7.11 Å². The molecule has 1 saturated heterocycles. The Hall–Kier alpha value is -2.53. The van der Waals surface area contributed by atoms with Gasteiger partial charge in [-0.15, -0.1) is 0 Å². The molecule has 5 heteroatoms. The number of imidazole rings is 1. The van der Waals surface area contributed by atoms with Crippen LogP contribution in [0.4, 0.5) is 5.95 Å². The van der Waals surface area contributed by atoms with E-state index >= 15 is 0 Å². The predicted octanol–water partition coefficient (Wildman–Crippen LogP) is 2.50. The minimum Gasteiger partial charge on any atom is -0.497 e. The van der Waals surface area contributed by atoms with E-state index < -0.39 is 0 Å². The Kier molecular flexibility index (Phi) is 4.09. The SMILES string of the molecule is COc1ccc(Cn2c(N3CCNCC3)nc3ccccc32)cc1. The number of hydrogen-bond donors (Lipinski definition) is 1. The number of anilines is 1. The van der Waals surface area contributed by atoms with Crippen LogP contribution in [0.5, 0.6) is 5.75 Å². The molecular weight excluding hydrogens is 300 g/mol. The van der Waals surface area contributed by atoms with E-state index in [1.807, 2.05) is 12.1 Å². The average molecular weight is 322 g/mol. The van der Waals surface area contributed by atoms with Crippen LogP contribution in [0.15, 0.2) is 48.5 Å². The minimum atomic E-state index is 0.809. The number of nitrogens with one attached hydrogen (secondary N) is 1. The van der Waals surface area contributed by atoms with Crippen molar-refractivity contribution < 1.29 is 4.74 Å². The molecule has 4 rings (SSSR count). The normalized spacial score (nSPS) is 15.0. The lowest BCUT2D eigenvalue weighted by Gasteiger charge is -2.29. The molecule has 0 spiro atoms. The number of para-hydroxylation sites is 2. The summed E-state index contributed by atoms with van der Waals surface area (Å²) in [5, 5.41) is 3.41. The van der Waals surface area contributed by atoms with Gasteiger partial charge in [-0.1, -0.05) is 24.3 Å². The Balaban J connectivity index is 1.73. The first-order chi connectivity index (χ1) is 11.8. The molecule has 1 aliphatic rings. The number of ether oxygens (including phenoxy) is 1. The molecule has 0 unspecified atom stereocenters. The van der Waals surface area contributed by atoms with Gasteiger partial charge in [0.15, 0.2) is 0 Å². The number of nitrogens with zero attached hydrogens (tertiary/aromatic N) is 3. The molecule has 0 aliphatic carbocycles. The van der Waals surface area contributed by atoms with Crippen molar-refractivity contribution in [3.8, 4) is 5.75 Å². The van der Waals surface area contributed by atoms with Gasteiger partial charge in [0.2, 0.25) is 5.95 Å². The largest absolute Gasteiger partial charge is 0.497 e. The molecule has 5 nitrogen and oxygen atoms in total. The molecule has 0 radical (unpaired) electrons. The van der Waals surface area contributed by atoms with E-state index in [2.05, 4.69) is 51.2 Å². The maximum atomic E-state index is 5.26. The molecule has 1 N–H and O–H groups in total. The van der Waals surface area contributed by atoms with Crippen molar-refractivity contribution in [3.63, 3.8) is 0 Å². The molecule has 1 fully saturated rings. The van der Waals surface area contributed by atoms with Crippen LogP contribution in [0.3, 0.4) is 0 Å². The second-order valence-corrected chi connectivity index (χ2v) is 6.07. The maximum absolute atomic E-state index is 5.26. The third kappa shape index (κ3) is 2.83. The number of rotatable bonds is 4. The van der Waals surface area contributed by atoms with Gasteiger partial charge in [-0.2, -0.15) is 0 Å². The highest BCUT2D eigenvalue weighted by Gasteiger charge is 2.18. The number of aromatic nitrogens is 2. The van der Waals surface area contributed by atoms with Crippen molar-refractivity contribution in [1.29, 1.82) is 0 Å². The number of methoxy groups -OCH3 is 1. The van der Waals surface area contributed by atoms with E-state index in [0.29, 0.717) is 0 Å². The summed E-state index contributed by atoms with van der Waals surface area (Å²) in [6, 6.07) is 16.6. The smallest absolute Gasteiger partial charge is 0.206 e. The lowest BCUT2D eigenvalue weighted by molar-refractivity contribution is 0.414. The van der Waals surface area contributed by atoms with Crippen LogP contribution >= 0.6 is 0 Å². The van der Waals surface area contributed by atoms with Gasteiger partial charge >= 0.3 is 0 Å². The molecule has 0 saturated carbocycles. The lowest BCUT2D eigenvalue weighted by Crippen LogP contribution is -2.44. The summed E-state index contributed by atoms with van der Waals surface area (Å²) in [5.74, 6) is 1.95. The molecule has 124 valence electrons. The third-order valence-electron chi connectivity index (χ3n) is 4.53. The standard InChI is InChI=1S/C19H22N4O/c1-24-16-8-6-15(7-9-16)14-23-18-5-3-2-4-17(18)21-19(23)22-12-10-20-11-13-22/h2-9,20H,10-14H2,1H3. The van der Waals surface area contributed by atoms with Crippen molar-refractivity contribution in [2.75, 3.05) is 38.2 Å². The molecule has 24 heavy (non-hydrogen) atoms. The van der Waals surface area contributed by atoms with Crippen LogP contribution in [-0.2, 0) is 6.54 Å². The minimum absolute atomic E-state index is 0.809. The zero-order valence-corrected chi connectivity index (χ0v) is 13.9. The van der Waals surface area contributed by atoms with E-state index in [-0.39, 0.29) is 0 Å². The van der Waals surface area contributed by atoms with Crippen molar-refractivity contribution in [2.45, 2.75) is 6.54 Å². The summed E-state index contributed by atoms with van der Waals surface area (Å²) in [7, 11) is 1.70. The summed E-state index contributed by atoms with van der Waals surface area (Å²) in [4.78, 5) is 7.28. The zero-order valence-electron chi connectivity index (χ0n) is 13.9. The Morgan fingerprint density at radius 2 is 1.79 bits per heavy atom. The fourth-order valence-corrected chi connectivity index (χ4v) is 3.24. The highest BCUT2D eigenvalue weighted by molar-refractivity contribution is 5.79. The van der Waals surface area contributed by atoms with Crippen molar-refractivity contribution >= 4 is 17.0 Å². The van der Waals surface area contributed by atoms with E-state index in [1.165, 1.54) is 11.1 Å². The summed E-state index contributed by atoms with van der Waals surface area (Å²) in [5.41, 5.74) is 3.48. The van der Waals surface area contributed by atoms with Gasteiger partial charge in [0.1, 0.15) is 5.75 Å². The van der Waals surface area contributed by atoms with E-state index in [0.717, 1.165) is 49.9 Å². The number of piperazine rings is 1. The number of fused-ring (bicyclic) bond motifs is 1. The third-order valence-corrected chi connectivity index (χ3v) is 4.53. The Morgan fingerprint density at radius 1 is 1.04 bits per heavy atom. The first-order valence-electron chi connectivity index (χ1n) is 8.39. The van der Waals surface area contributed by atoms with Gasteiger partial charge in [-0.25, -0.2) is 4.98 Å². The second kappa shape index (κ2) is 6.53. The maximum Gasteiger partial charge on any atom is 0.206 e. The predicted molar refractivity (Wildman–Crippen MR) is 96.9 cm³/mol. The van der Waals surface area contributed by atoms with Gasteiger partial charge in [-0.05, 0) is 29.8 Å². The van der Waals surface area contributed by atoms with Crippen LogP contribution in [0.1, 0.15) is 5.56 Å². The van der Waals surface area contributed by atoms with Gasteiger partial charge in [0.05, 0.1) is 24.7 Å². The molecular formula is C19H22N4O. The van der Waals surface area contributed by atoms with Crippen LogP contribution in [0, 0.1) is 0 Å². The molecule has 1 aromatic heterocycles. The van der Waals surface area contributed by atoms with Crippen molar-refractivity contribution in [3.05, 3.63) is 54.1 Å². The van der Waals surface area contributed by atoms with Crippen LogP contribution < -0.4 is 15.0 Å². The fraction of sp³-hybridized carbons (Fsp3) is 0.316. The van der Waals surface area contributed by atoms with Crippen LogP contribution in [-0.4, -0.2) is 42.8 Å². The Morgan fingerprint density at radius 3 is 2.54 bits per heavy atom. The monoisotopic (exact) mass is 322 g/mol. The topological polar surface area (TPSA) is 42.3 Å². The molecule has 0 bridgehead atoms. The van der Waals surface area contributed by atoms with Gasteiger partial charge in [0, 0.05) is 26.2 Å². The zero-order chi connectivity index (χ0) is 16.4. The molecule has 0 amide bonds.